The molecule has 20 heavy (non-hydrogen) atoms. The number of anilines is 3. The Bertz CT molecular complexity index is 667. The topological polar surface area (TPSA) is 52.6 Å². The second kappa shape index (κ2) is 4.89. The number of hydrogen-bond acceptors (Lipinski definition) is 3. The van der Waals surface area contributed by atoms with Gasteiger partial charge >= 0.3 is 5.97 Å². The zero-order valence-corrected chi connectivity index (χ0v) is 11.3. The summed E-state index contributed by atoms with van der Waals surface area (Å²) in [6.45, 7) is 3.75. The van der Waals surface area contributed by atoms with Crippen LogP contribution in [0.25, 0.3) is 0 Å². The molecular weight excluding hydrogens is 252 g/mol. The Balaban J connectivity index is 2.07. The molecule has 0 fully saturated rings. The van der Waals surface area contributed by atoms with Crippen LogP contribution in [-0.4, -0.2) is 24.2 Å². The fourth-order valence-corrected chi connectivity index (χ4v) is 2.59. The largest absolute Gasteiger partial charge is 0.478 e. The molecule has 102 valence electrons. The number of benzene rings is 2. The highest BCUT2D eigenvalue weighted by molar-refractivity contribution is 5.92. The molecule has 0 aromatic heterocycles. The van der Waals surface area contributed by atoms with Crippen molar-refractivity contribution < 1.29 is 9.90 Å². The number of fused-ring (bicyclic) bond motifs is 1. The molecule has 2 aromatic carbocycles. The summed E-state index contributed by atoms with van der Waals surface area (Å²) in [6, 6.07) is 13.4. The Kier molecular flexibility index (Phi) is 3.06. The third-order valence-corrected chi connectivity index (χ3v) is 3.59. The first kappa shape index (κ1) is 12.5. The van der Waals surface area contributed by atoms with Crippen LogP contribution in [0.15, 0.2) is 42.5 Å². The number of carbonyl (C=O) groups is 1. The lowest BCUT2D eigenvalue weighted by molar-refractivity contribution is 0.0697. The molecule has 0 spiro atoms. The number of rotatable bonds is 2. The van der Waals surface area contributed by atoms with Gasteiger partial charge in [-0.2, -0.15) is 0 Å². The minimum atomic E-state index is -0.900. The molecule has 0 saturated carbocycles. The third kappa shape index (κ3) is 2.09. The van der Waals surface area contributed by atoms with Crippen LogP contribution in [0.2, 0.25) is 0 Å². The molecule has 0 aliphatic carbocycles. The SMILES string of the molecule is Cc1ccccc1N1CCNc2cc(C(=O)O)ccc21. The van der Waals surface area contributed by atoms with Gasteiger partial charge in [0.2, 0.25) is 0 Å². The molecule has 2 aromatic rings. The minimum absolute atomic E-state index is 0.308. The summed E-state index contributed by atoms with van der Waals surface area (Å²) in [5.74, 6) is -0.900. The number of nitrogens with zero attached hydrogens (tertiary/aromatic N) is 1. The van der Waals surface area contributed by atoms with E-state index in [1.165, 1.54) is 11.3 Å². The van der Waals surface area contributed by atoms with E-state index in [2.05, 4.69) is 29.3 Å². The van der Waals surface area contributed by atoms with Crippen LogP contribution in [0.1, 0.15) is 15.9 Å². The van der Waals surface area contributed by atoms with Gasteiger partial charge < -0.3 is 15.3 Å². The van der Waals surface area contributed by atoms with E-state index < -0.39 is 5.97 Å². The summed E-state index contributed by atoms with van der Waals surface area (Å²) in [4.78, 5) is 13.3. The van der Waals surface area contributed by atoms with E-state index in [4.69, 9.17) is 5.11 Å². The van der Waals surface area contributed by atoms with Crippen LogP contribution in [0, 0.1) is 6.92 Å². The first-order valence-electron chi connectivity index (χ1n) is 6.61. The van der Waals surface area contributed by atoms with E-state index >= 15 is 0 Å². The Morgan fingerprint density at radius 2 is 2.00 bits per heavy atom. The number of carboxylic acid groups (broad SMARTS) is 1. The summed E-state index contributed by atoms with van der Waals surface area (Å²) in [5, 5.41) is 12.3. The number of nitrogens with one attached hydrogen (secondary N) is 1. The number of carboxylic acids is 1. The van der Waals surface area contributed by atoms with Crippen LogP contribution in [0.4, 0.5) is 17.1 Å². The van der Waals surface area contributed by atoms with Gasteiger partial charge in [-0.1, -0.05) is 18.2 Å². The molecule has 2 N–H and O–H groups in total. The second-order valence-electron chi connectivity index (χ2n) is 4.90. The summed E-state index contributed by atoms with van der Waals surface area (Å²) in [5.41, 5.74) is 4.58. The van der Waals surface area contributed by atoms with Crippen molar-refractivity contribution >= 4 is 23.0 Å². The molecule has 3 rings (SSSR count). The Hall–Kier alpha value is -2.49. The maximum atomic E-state index is 11.1. The van der Waals surface area contributed by atoms with Gasteiger partial charge in [-0.25, -0.2) is 4.79 Å². The van der Waals surface area contributed by atoms with Gasteiger partial charge in [0.15, 0.2) is 0 Å². The van der Waals surface area contributed by atoms with Gasteiger partial charge in [-0.05, 0) is 36.8 Å². The number of aromatic carboxylic acids is 1. The summed E-state index contributed by atoms with van der Waals surface area (Å²) < 4.78 is 0. The summed E-state index contributed by atoms with van der Waals surface area (Å²) in [6.07, 6.45) is 0. The van der Waals surface area contributed by atoms with Crippen LogP contribution in [-0.2, 0) is 0 Å². The Morgan fingerprint density at radius 3 is 2.75 bits per heavy atom. The zero-order chi connectivity index (χ0) is 14.1. The van der Waals surface area contributed by atoms with E-state index in [-0.39, 0.29) is 0 Å². The summed E-state index contributed by atoms with van der Waals surface area (Å²) >= 11 is 0. The van der Waals surface area contributed by atoms with Gasteiger partial charge in [-0.3, -0.25) is 0 Å². The van der Waals surface area contributed by atoms with Crippen LogP contribution < -0.4 is 10.2 Å². The van der Waals surface area contributed by atoms with Gasteiger partial charge in [-0.15, -0.1) is 0 Å². The van der Waals surface area contributed by atoms with Crippen LogP contribution >= 0.6 is 0 Å². The predicted octanol–water partition coefficient (Wildman–Crippen LogP) is 3.26. The fourth-order valence-electron chi connectivity index (χ4n) is 2.59. The lowest BCUT2D eigenvalue weighted by Crippen LogP contribution is -2.30. The molecule has 0 atom stereocenters. The monoisotopic (exact) mass is 268 g/mol. The highest BCUT2D eigenvalue weighted by Crippen LogP contribution is 2.36. The van der Waals surface area contributed by atoms with Gasteiger partial charge in [0.1, 0.15) is 0 Å². The molecule has 0 saturated heterocycles. The lowest BCUT2D eigenvalue weighted by atomic mass is 10.1. The number of aryl methyl sites for hydroxylation is 1. The minimum Gasteiger partial charge on any atom is -0.478 e. The molecule has 1 aliphatic heterocycles. The molecule has 1 heterocycles. The maximum Gasteiger partial charge on any atom is 0.335 e. The van der Waals surface area contributed by atoms with Crippen molar-refractivity contribution in [2.75, 3.05) is 23.3 Å². The molecule has 0 radical (unpaired) electrons. The molecule has 1 aliphatic rings. The average molecular weight is 268 g/mol. The van der Waals surface area contributed by atoms with Crippen molar-refractivity contribution in [3.8, 4) is 0 Å². The highest BCUT2D eigenvalue weighted by Gasteiger charge is 2.20. The highest BCUT2D eigenvalue weighted by atomic mass is 16.4. The molecule has 0 bridgehead atoms. The quantitative estimate of drug-likeness (QED) is 0.877. The lowest BCUT2D eigenvalue weighted by Gasteiger charge is -2.33. The van der Waals surface area contributed by atoms with Crippen molar-refractivity contribution in [2.24, 2.45) is 0 Å². The van der Waals surface area contributed by atoms with Crippen molar-refractivity contribution in [1.29, 1.82) is 0 Å². The Labute approximate surface area is 117 Å². The maximum absolute atomic E-state index is 11.1. The average Bonchev–Trinajstić information content (AvgIpc) is 2.46. The molecule has 0 amide bonds. The van der Waals surface area contributed by atoms with E-state index in [1.807, 2.05) is 18.2 Å². The predicted molar refractivity (Wildman–Crippen MR) is 80.1 cm³/mol. The smallest absolute Gasteiger partial charge is 0.335 e. The van der Waals surface area contributed by atoms with E-state index in [0.29, 0.717) is 5.56 Å². The molecular formula is C16H16N2O2. The normalized spacial score (nSPS) is 13.6. The first-order chi connectivity index (χ1) is 9.66. The summed E-state index contributed by atoms with van der Waals surface area (Å²) in [7, 11) is 0. The van der Waals surface area contributed by atoms with E-state index in [0.717, 1.165) is 24.5 Å². The number of hydrogen-bond donors (Lipinski definition) is 2. The molecule has 4 nitrogen and oxygen atoms in total. The Morgan fingerprint density at radius 1 is 1.20 bits per heavy atom. The van der Waals surface area contributed by atoms with Gasteiger partial charge in [0.05, 0.1) is 16.9 Å². The standard InChI is InChI=1S/C16H16N2O2/c1-11-4-2-3-5-14(11)18-9-8-17-13-10-12(16(19)20)6-7-15(13)18/h2-7,10,17H,8-9H2,1H3,(H,19,20). The third-order valence-electron chi connectivity index (χ3n) is 3.59. The first-order valence-corrected chi connectivity index (χ1v) is 6.61. The number of para-hydroxylation sites is 1. The van der Waals surface area contributed by atoms with Crippen LogP contribution in [0.5, 0.6) is 0 Å². The molecule has 0 unspecified atom stereocenters. The van der Waals surface area contributed by atoms with Crippen molar-refractivity contribution in [3.63, 3.8) is 0 Å². The van der Waals surface area contributed by atoms with E-state index in [1.54, 1.807) is 12.1 Å². The van der Waals surface area contributed by atoms with Gasteiger partial charge in [0.25, 0.3) is 0 Å². The second-order valence-corrected chi connectivity index (χ2v) is 4.90. The van der Waals surface area contributed by atoms with Gasteiger partial charge in [0, 0.05) is 18.8 Å². The van der Waals surface area contributed by atoms with Crippen molar-refractivity contribution in [2.45, 2.75) is 6.92 Å². The van der Waals surface area contributed by atoms with Crippen molar-refractivity contribution in [3.05, 3.63) is 53.6 Å². The fraction of sp³-hybridized carbons (Fsp3) is 0.188. The van der Waals surface area contributed by atoms with Crippen LogP contribution in [0.3, 0.4) is 0 Å². The molecule has 4 heteroatoms. The van der Waals surface area contributed by atoms with E-state index in [9.17, 15) is 4.79 Å². The zero-order valence-electron chi connectivity index (χ0n) is 11.3. The van der Waals surface area contributed by atoms with Crippen molar-refractivity contribution in [1.82, 2.24) is 0 Å².